The van der Waals surface area contributed by atoms with Gasteiger partial charge in [0.15, 0.2) is 0 Å². The lowest BCUT2D eigenvalue weighted by Gasteiger charge is -2.29. The van der Waals surface area contributed by atoms with Crippen molar-refractivity contribution in [2.75, 3.05) is 13.6 Å². The Labute approximate surface area is 113 Å². The third-order valence-corrected chi connectivity index (χ3v) is 5.21. The molecule has 2 N–H and O–H groups in total. The summed E-state index contributed by atoms with van der Waals surface area (Å²) < 4.78 is 0. The SMILES string of the molecule is CC(c1cccs1)N(C)C(=O)C1CCCC1CN. The van der Waals surface area contributed by atoms with Gasteiger partial charge in [-0.1, -0.05) is 12.5 Å². The van der Waals surface area contributed by atoms with Crippen LogP contribution in [0.25, 0.3) is 0 Å². The third kappa shape index (κ3) is 2.59. The summed E-state index contributed by atoms with van der Waals surface area (Å²) in [6, 6.07) is 4.29. The van der Waals surface area contributed by atoms with E-state index >= 15 is 0 Å². The van der Waals surface area contributed by atoms with Gasteiger partial charge in [-0.2, -0.15) is 0 Å². The minimum absolute atomic E-state index is 0.141. The number of nitrogens with zero attached hydrogens (tertiary/aromatic N) is 1. The van der Waals surface area contributed by atoms with Crippen molar-refractivity contribution in [3.63, 3.8) is 0 Å². The van der Waals surface area contributed by atoms with Crippen molar-refractivity contribution in [1.29, 1.82) is 0 Å². The Hall–Kier alpha value is -0.870. The van der Waals surface area contributed by atoms with Gasteiger partial charge in [0.25, 0.3) is 0 Å². The molecule has 0 saturated heterocycles. The summed E-state index contributed by atoms with van der Waals surface area (Å²) >= 11 is 1.71. The molecule has 1 aromatic rings. The molecule has 0 spiro atoms. The summed E-state index contributed by atoms with van der Waals surface area (Å²) in [5.41, 5.74) is 5.76. The maximum Gasteiger partial charge on any atom is 0.226 e. The van der Waals surface area contributed by atoms with E-state index in [4.69, 9.17) is 5.73 Å². The monoisotopic (exact) mass is 266 g/mol. The summed E-state index contributed by atoms with van der Waals surface area (Å²) in [6.45, 7) is 2.73. The van der Waals surface area contributed by atoms with Crippen molar-refractivity contribution in [3.05, 3.63) is 22.4 Å². The maximum absolute atomic E-state index is 12.5. The first-order valence-corrected chi connectivity index (χ1v) is 7.53. The Balaban J connectivity index is 2.04. The van der Waals surface area contributed by atoms with E-state index in [0.717, 1.165) is 19.3 Å². The molecule has 18 heavy (non-hydrogen) atoms. The van der Waals surface area contributed by atoms with E-state index in [-0.39, 0.29) is 17.9 Å². The van der Waals surface area contributed by atoms with Gasteiger partial charge in [-0.25, -0.2) is 0 Å². The zero-order chi connectivity index (χ0) is 13.1. The van der Waals surface area contributed by atoms with E-state index in [1.54, 1.807) is 11.3 Å². The normalized spacial score (nSPS) is 25.1. The van der Waals surface area contributed by atoms with Gasteiger partial charge in [-0.3, -0.25) is 4.79 Å². The second kappa shape index (κ2) is 5.85. The largest absolute Gasteiger partial charge is 0.338 e. The van der Waals surface area contributed by atoms with E-state index in [9.17, 15) is 4.79 Å². The molecule has 100 valence electrons. The lowest BCUT2D eigenvalue weighted by Crippen LogP contribution is -2.37. The summed E-state index contributed by atoms with van der Waals surface area (Å²) in [7, 11) is 1.92. The second-order valence-electron chi connectivity index (χ2n) is 5.17. The van der Waals surface area contributed by atoms with E-state index in [0.29, 0.717) is 12.5 Å². The molecule has 1 aliphatic rings. The topological polar surface area (TPSA) is 46.3 Å². The standard InChI is InChI=1S/C14H22N2OS/c1-10(13-7-4-8-18-13)16(2)14(17)12-6-3-5-11(12)9-15/h4,7-8,10-12H,3,5-6,9,15H2,1-2H3. The molecule has 1 aliphatic carbocycles. The fourth-order valence-electron chi connectivity index (χ4n) is 2.82. The van der Waals surface area contributed by atoms with Gasteiger partial charge in [0.2, 0.25) is 5.91 Å². The zero-order valence-electron chi connectivity index (χ0n) is 11.1. The van der Waals surface area contributed by atoms with Crippen molar-refractivity contribution >= 4 is 17.2 Å². The average molecular weight is 266 g/mol. The van der Waals surface area contributed by atoms with E-state index in [1.807, 2.05) is 18.0 Å². The Morgan fingerprint density at radius 2 is 2.39 bits per heavy atom. The highest BCUT2D eigenvalue weighted by molar-refractivity contribution is 7.10. The zero-order valence-corrected chi connectivity index (χ0v) is 12.0. The van der Waals surface area contributed by atoms with Crippen LogP contribution in [-0.4, -0.2) is 24.4 Å². The van der Waals surface area contributed by atoms with Crippen molar-refractivity contribution in [2.24, 2.45) is 17.6 Å². The molecule has 4 heteroatoms. The lowest BCUT2D eigenvalue weighted by molar-refractivity contribution is -0.137. The first kappa shape index (κ1) is 13.6. The molecule has 0 aliphatic heterocycles. The molecule has 1 fully saturated rings. The molecule has 0 bridgehead atoms. The minimum atomic E-state index is 0.141. The van der Waals surface area contributed by atoms with Gasteiger partial charge in [0.1, 0.15) is 0 Å². The molecule has 3 nitrogen and oxygen atoms in total. The molecule has 3 unspecified atom stereocenters. The van der Waals surface area contributed by atoms with Gasteiger partial charge in [0, 0.05) is 17.8 Å². The van der Waals surface area contributed by atoms with Crippen LogP contribution in [0.2, 0.25) is 0 Å². The number of nitrogens with two attached hydrogens (primary N) is 1. The smallest absolute Gasteiger partial charge is 0.226 e. The van der Waals surface area contributed by atoms with Gasteiger partial charge >= 0.3 is 0 Å². The van der Waals surface area contributed by atoms with Crippen LogP contribution in [0.15, 0.2) is 17.5 Å². The number of hydrogen-bond acceptors (Lipinski definition) is 3. The number of carbonyl (C=O) groups excluding carboxylic acids is 1. The molecule has 2 rings (SSSR count). The number of amides is 1. The van der Waals surface area contributed by atoms with Crippen LogP contribution < -0.4 is 5.73 Å². The number of carbonyl (C=O) groups is 1. The van der Waals surface area contributed by atoms with Gasteiger partial charge in [0.05, 0.1) is 6.04 Å². The lowest BCUT2D eigenvalue weighted by atomic mass is 9.94. The summed E-state index contributed by atoms with van der Waals surface area (Å²) in [5.74, 6) is 0.793. The molecule has 0 radical (unpaired) electrons. The molecule has 1 heterocycles. The highest BCUT2D eigenvalue weighted by Crippen LogP contribution is 2.34. The Bertz CT molecular complexity index is 391. The Morgan fingerprint density at radius 1 is 1.61 bits per heavy atom. The van der Waals surface area contributed by atoms with Crippen molar-refractivity contribution in [2.45, 2.75) is 32.2 Å². The number of rotatable bonds is 4. The molecular weight excluding hydrogens is 244 g/mol. The Kier molecular flexibility index (Phi) is 4.40. The van der Waals surface area contributed by atoms with Crippen LogP contribution in [0.4, 0.5) is 0 Å². The van der Waals surface area contributed by atoms with Gasteiger partial charge in [-0.15, -0.1) is 11.3 Å². The average Bonchev–Trinajstić information content (AvgIpc) is 3.05. The van der Waals surface area contributed by atoms with Gasteiger partial charge < -0.3 is 10.6 Å². The molecular formula is C14H22N2OS. The van der Waals surface area contributed by atoms with Crippen LogP contribution >= 0.6 is 11.3 Å². The van der Waals surface area contributed by atoms with Crippen LogP contribution in [-0.2, 0) is 4.79 Å². The fraction of sp³-hybridized carbons (Fsp3) is 0.643. The van der Waals surface area contributed by atoms with Crippen LogP contribution in [0.5, 0.6) is 0 Å². The predicted octanol–water partition coefficient (Wildman–Crippen LogP) is 2.64. The van der Waals surface area contributed by atoms with Crippen molar-refractivity contribution in [1.82, 2.24) is 4.90 Å². The molecule has 1 aromatic heterocycles. The highest BCUT2D eigenvalue weighted by Gasteiger charge is 2.35. The van der Waals surface area contributed by atoms with Gasteiger partial charge in [-0.05, 0) is 43.7 Å². The number of hydrogen-bond donors (Lipinski definition) is 1. The minimum Gasteiger partial charge on any atom is -0.338 e. The molecule has 1 amide bonds. The van der Waals surface area contributed by atoms with Crippen LogP contribution in [0.1, 0.15) is 37.1 Å². The summed E-state index contributed by atoms with van der Waals surface area (Å²) in [6.07, 6.45) is 3.25. The number of thiophene rings is 1. The highest BCUT2D eigenvalue weighted by atomic mass is 32.1. The first-order valence-electron chi connectivity index (χ1n) is 6.65. The van der Waals surface area contributed by atoms with E-state index in [1.165, 1.54) is 4.88 Å². The Morgan fingerprint density at radius 3 is 3.00 bits per heavy atom. The van der Waals surface area contributed by atoms with E-state index < -0.39 is 0 Å². The third-order valence-electron chi connectivity index (χ3n) is 4.16. The maximum atomic E-state index is 12.5. The van der Waals surface area contributed by atoms with Crippen molar-refractivity contribution in [3.8, 4) is 0 Å². The predicted molar refractivity (Wildman–Crippen MR) is 75.4 cm³/mol. The van der Waals surface area contributed by atoms with Crippen molar-refractivity contribution < 1.29 is 4.79 Å². The quantitative estimate of drug-likeness (QED) is 0.910. The summed E-state index contributed by atoms with van der Waals surface area (Å²) in [4.78, 5) is 15.7. The molecule has 3 atom stereocenters. The van der Waals surface area contributed by atoms with Crippen LogP contribution in [0, 0.1) is 11.8 Å². The molecule has 1 saturated carbocycles. The summed E-state index contributed by atoms with van der Waals surface area (Å²) in [5, 5.41) is 2.06. The fourth-order valence-corrected chi connectivity index (χ4v) is 3.64. The first-order chi connectivity index (χ1) is 8.65. The van der Waals surface area contributed by atoms with Crippen LogP contribution in [0.3, 0.4) is 0 Å². The molecule has 0 aromatic carbocycles. The second-order valence-corrected chi connectivity index (χ2v) is 6.15. The van der Waals surface area contributed by atoms with E-state index in [2.05, 4.69) is 18.4 Å².